The third-order valence-electron chi connectivity index (χ3n) is 6.66. The van der Waals surface area contributed by atoms with E-state index in [0.29, 0.717) is 11.1 Å². The van der Waals surface area contributed by atoms with Crippen molar-refractivity contribution >= 4 is 49.7 Å². The lowest BCUT2D eigenvalue weighted by Gasteiger charge is -2.26. The summed E-state index contributed by atoms with van der Waals surface area (Å²) in [5.41, 5.74) is 1.72. The van der Waals surface area contributed by atoms with Crippen molar-refractivity contribution in [2.75, 3.05) is 0 Å². The first-order chi connectivity index (χ1) is 19.5. The van der Waals surface area contributed by atoms with E-state index in [9.17, 15) is 40.0 Å². The first-order valence-electron chi connectivity index (χ1n) is 11.6. The number of hydrogen-bond acceptors (Lipinski definition) is 5. The zero-order valence-electron chi connectivity index (χ0n) is 20.3. The van der Waals surface area contributed by atoms with Gasteiger partial charge in [-0.3, -0.25) is 9.59 Å². The molecule has 0 fully saturated rings. The quantitative estimate of drug-likeness (QED) is 0.109. The average Bonchev–Trinajstić information content (AvgIpc) is 3.34. The van der Waals surface area contributed by atoms with E-state index in [-0.39, 0.29) is 21.6 Å². The van der Waals surface area contributed by atoms with Crippen molar-refractivity contribution in [2.45, 2.75) is 4.90 Å². The zero-order valence-corrected chi connectivity index (χ0v) is 21.1. The van der Waals surface area contributed by atoms with Crippen LogP contribution in [0.2, 0.25) is 0 Å². The van der Waals surface area contributed by atoms with Gasteiger partial charge in [0, 0.05) is 22.4 Å². The van der Waals surface area contributed by atoms with Crippen molar-refractivity contribution in [3.05, 3.63) is 113 Å². The highest BCUT2D eigenvalue weighted by Gasteiger charge is 2.42. The summed E-state index contributed by atoms with van der Waals surface area (Å²) in [4.78, 5) is 24.2. The van der Waals surface area contributed by atoms with Crippen LogP contribution in [0.4, 0.5) is 22.0 Å². The van der Waals surface area contributed by atoms with E-state index in [4.69, 9.17) is 0 Å². The summed E-state index contributed by atoms with van der Waals surface area (Å²) in [6.45, 7) is 3.83. The van der Waals surface area contributed by atoms with E-state index in [0.717, 1.165) is 16.5 Å². The Morgan fingerprint density at radius 2 is 1.32 bits per heavy atom. The molecule has 41 heavy (non-hydrogen) atoms. The molecule has 0 unspecified atom stereocenters. The molecule has 0 saturated carbocycles. The fraction of sp³-hybridized carbons (Fsp3) is 0. The first-order valence-corrected chi connectivity index (χ1v) is 13.0. The Labute approximate surface area is 227 Å². The number of imide groups is 1. The molecule has 6 rings (SSSR count). The highest BCUT2D eigenvalue weighted by molar-refractivity contribution is 7.86. The fourth-order valence-electron chi connectivity index (χ4n) is 4.84. The van der Waals surface area contributed by atoms with Gasteiger partial charge in [0.25, 0.3) is 11.8 Å². The standard InChI is InChI=1S/C28H13F5N2O5S/c1-2-13-12-34(18-9-4-3-6-14(13)18)19-11-10-17-20-15(19)7-5-8-16(20)27(36)35(28(17)37)40-41(38,39)26-24(32)22(30)21(29)23(31)25(26)33/h2-12H,1H2. The second-order valence-electron chi connectivity index (χ2n) is 8.87. The van der Waals surface area contributed by atoms with E-state index >= 15 is 0 Å². The van der Waals surface area contributed by atoms with Crippen LogP contribution in [0, 0.1) is 29.1 Å². The number of fused-ring (bicyclic) bond motifs is 1. The maximum absolute atomic E-state index is 14.2. The van der Waals surface area contributed by atoms with Crippen LogP contribution in [0.15, 0.2) is 72.3 Å². The van der Waals surface area contributed by atoms with Crippen LogP contribution in [0.3, 0.4) is 0 Å². The van der Waals surface area contributed by atoms with E-state index in [1.165, 1.54) is 24.3 Å². The number of rotatable bonds is 5. The van der Waals surface area contributed by atoms with Crippen molar-refractivity contribution in [1.29, 1.82) is 0 Å². The molecule has 1 aromatic heterocycles. The lowest BCUT2D eigenvalue weighted by Crippen LogP contribution is -2.42. The van der Waals surface area contributed by atoms with Crippen molar-refractivity contribution < 1.29 is 44.2 Å². The molecule has 2 amide bonds. The van der Waals surface area contributed by atoms with Crippen LogP contribution in [-0.2, 0) is 14.4 Å². The Morgan fingerprint density at radius 1 is 0.732 bits per heavy atom. The summed E-state index contributed by atoms with van der Waals surface area (Å²) >= 11 is 0. The lowest BCUT2D eigenvalue weighted by atomic mass is 9.94. The molecular formula is C28H13F5N2O5S. The van der Waals surface area contributed by atoms with Gasteiger partial charge in [-0.25, -0.2) is 22.0 Å². The van der Waals surface area contributed by atoms with Crippen LogP contribution in [0.5, 0.6) is 0 Å². The number of amides is 2. The van der Waals surface area contributed by atoms with Crippen molar-refractivity contribution in [3.63, 3.8) is 0 Å². The maximum Gasteiger partial charge on any atom is 0.324 e. The summed E-state index contributed by atoms with van der Waals surface area (Å²) in [6.07, 6.45) is 3.47. The Balaban J connectivity index is 1.49. The Hall–Kier alpha value is -4.88. The molecular weight excluding hydrogens is 571 g/mol. The van der Waals surface area contributed by atoms with E-state index in [1.54, 1.807) is 18.3 Å². The van der Waals surface area contributed by atoms with Gasteiger partial charge in [-0.05, 0) is 29.8 Å². The molecule has 5 aromatic rings. The number of halogens is 5. The fourth-order valence-corrected chi connectivity index (χ4v) is 5.87. The summed E-state index contributed by atoms with van der Waals surface area (Å²) in [7, 11) is -5.92. The normalized spacial score (nSPS) is 13.4. The number of para-hydroxylation sites is 1. The van der Waals surface area contributed by atoms with Crippen molar-refractivity contribution in [3.8, 4) is 5.69 Å². The number of nitrogens with zero attached hydrogens (tertiary/aromatic N) is 2. The molecule has 0 aliphatic carbocycles. The molecule has 0 radical (unpaired) electrons. The molecule has 0 saturated heterocycles. The van der Waals surface area contributed by atoms with Crippen LogP contribution in [-0.4, -0.2) is 29.9 Å². The third kappa shape index (κ3) is 3.69. The van der Waals surface area contributed by atoms with E-state index in [2.05, 4.69) is 10.9 Å². The Kier molecular flexibility index (Phi) is 5.83. The van der Waals surface area contributed by atoms with Crippen LogP contribution >= 0.6 is 0 Å². The smallest absolute Gasteiger partial charge is 0.315 e. The number of aromatic nitrogens is 1. The SMILES string of the molecule is C=Cc1cn(-c2ccc3c4c(cccc24)C(=O)N(OS(=O)(=O)c2c(F)c(F)c(F)c(F)c2F)C3=O)c2ccccc12. The number of hydrogen-bond donors (Lipinski definition) is 0. The number of carbonyl (C=O) groups is 2. The van der Waals surface area contributed by atoms with Crippen molar-refractivity contribution in [2.24, 2.45) is 0 Å². The minimum absolute atomic E-state index is 0.131. The average molecular weight is 584 g/mol. The van der Waals surface area contributed by atoms with E-state index in [1.807, 2.05) is 28.8 Å². The molecule has 7 nitrogen and oxygen atoms in total. The lowest BCUT2D eigenvalue weighted by molar-refractivity contribution is -0.0159. The first kappa shape index (κ1) is 26.3. The predicted octanol–water partition coefficient (Wildman–Crippen LogP) is 6.04. The highest BCUT2D eigenvalue weighted by Crippen LogP contribution is 2.37. The molecule has 1 aliphatic heterocycles. The molecule has 0 atom stereocenters. The maximum atomic E-state index is 14.2. The molecule has 13 heteroatoms. The number of benzene rings is 4. The minimum atomic E-state index is -5.92. The van der Waals surface area contributed by atoms with Crippen LogP contribution in [0.1, 0.15) is 26.3 Å². The van der Waals surface area contributed by atoms with Gasteiger partial charge in [0.15, 0.2) is 28.2 Å². The minimum Gasteiger partial charge on any atom is -0.315 e. The van der Waals surface area contributed by atoms with Gasteiger partial charge in [0.1, 0.15) is 0 Å². The zero-order chi connectivity index (χ0) is 29.4. The van der Waals surface area contributed by atoms with Crippen LogP contribution in [0.25, 0.3) is 33.4 Å². The van der Waals surface area contributed by atoms with Gasteiger partial charge in [0.2, 0.25) is 5.82 Å². The van der Waals surface area contributed by atoms with Gasteiger partial charge in [0.05, 0.1) is 22.3 Å². The summed E-state index contributed by atoms with van der Waals surface area (Å²) in [6, 6.07) is 14.6. The summed E-state index contributed by atoms with van der Waals surface area (Å²) in [5, 5.41) is 1.13. The van der Waals surface area contributed by atoms with Gasteiger partial charge >= 0.3 is 10.1 Å². The molecule has 0 bridgehead atoms. The molecule has 0 N–H and O–H groups in total. The van der Waals surface area contributed by atoms with Gasteiger partial charge in [-0.15, -0.1) is 9.35 Å². The molecule has 4 aromatic carbocycles. The molecule has 0 spiro atoms. The predicted molar refractivity (Wildman–Crippen MR) is 136 cm³/mol. The summed E-state index contributed by atoms with van der Waals surface area (Å²) in [5.74, 6) is -15.8. The van der Waals surface area contributed by atoms with Crippen LogP contribution < -0.4 is 0 Å². The number of hydroxylamine groups is 2. The second kappa shape index (κ2) is 9.08. The van der Waals surface area contributed by atoms with Gasteiger partial charge in [-0.1, -0.05) is 43.0 Å². The van der Waals surface area contributed by atoms with Gasteiger partial charge in [-0.2, -0.15) is 8.42 Å². The molecule has 206 valence electrons. The highest BCUT2D eigenvalue weighted by atomic mass is 32.2. The second-order valence-corrected chi connectivity index (χ2v) is 10.3. The van der Waals surface area contributed by atoms with Gasteiger partial charge < -0.3 is 4.57 Å². The molecule has 2 heterocycles. The Bertz CT molecular complexity index is 2070. The number of carbonyl (C=O) groups excluding carboxylic acids is 2. The van der Waals surface area contributed by atoms with Crippen molar-refractivity contribution in [1.82, 2.24) is 9.63 Å². The monoisotopic (exact) mass is 584 g/mol. The largest absolute Gasteiger partial charge is 0.324 e. The summed E-state index contributed by atoms with van der Waals surface area (Å²) < 4.78 is 101. The third-order valence-corrected chi connectivity index (χ3v) is 7.87. The molecule has 1 aliphatic rings. The van der Waals surface area contributed by atoms with E-state index < -0.39 is 55.9 Å². The Morgan fingerprint density at radius 3 is 1.98 bits per heavy atom. The topological polar surface area (TPSA) is 85.7 Å².